The Morgan fingerprint density at radius 1 is 1.02 bits per heavy atom. The number of carbonyl (C=O) groups excluding carboxylic acids is 2. The minimum atomic E-state index is -4.21. The van der Waals surface area contributed by atoms with Gasteiger partial charge in [-0.15, -0.1) is 0 Å². The summed E-state index contributed by atoms with van der Waals surface area (Å²) in [6, 6.07) is 18.0. The second kappa shape index (κ2) is 13.3. The van der Waals surface area contributed by atoms with Crippen LogP contribution >= 0.6 is 0 Å². The standard InChI is InChI=1S/C34H38N6O5S/c1-22-10-8-11-23(2)31(22)28-17-30-38-33(37-28)39-46(43,44)27-14-9-12-24(16-27)32(42)40(26(21-45-30)18-34(3,4)5)20-29(41)36-19-25-13-6-7-15-35-25/h6-17,26H,18-21H2,1-5H3,(H,36,41)(H,37,38,39)/t26-/m1/s1. The third-order valence-electron chi connectivity index (χ3n) is 7.54. The number of aryl methyl sites for hydroxylation is 2. The van der Waals surface area contributed by atoms with E-state index in [4.69, 9.17) is 4.74 Å². The lowest BCUT2D eigenvalue weighted by atomic mass is 9.87. The number of anilines is 1. The molecule has 2 aromatic carbocycles. The van der Waals surface area contributed by atoms with Gasteiger partial charge in [0.25, 0.3) is 15.9 Å². The predicted molar refractivity (Wildman–Crippen MR) is 175 cm³/mol. The van der Waals surface area contributed by atoms with Gasteiger partial charge >= 0.3 is 0 Å². The van der Waals surface area contributed by atoms with Crippen LogP contribution in [0.3, 0.4) is 0 Å². The van der Waals surface area contributed by atoms with Crippen molar-refractivity contribution in [3.05, 3.63) is 95.3 Å². The molecule has 46 heavy (non-hydrogen) atoms. The van der Waals surface area contributed by atoms with Crippen molar-refractivity contribution in [1.82, 2.24) is 25.2 Å². The first kappa shape index (κ1) is 32.6. The SMILES string of the molecule is Cc1cccc(C)c1-c1cc2nc(n1)NS(=O)(=O)c1cccc(c1)C(=O)N(CC(=O)NCc1ccccn1)[C@H](CC(C)(C)C)CO2. The highest BCUT2D eigenvalue weighted by Gasteiger charge is 2.32. The van der Waals surface area contributed by atoms with Crippen molar-refractivity contribution < 1.29 is 22.7 Å². The van der Waals surface area contributed by atoms with Gasteiger partial charge < -0.3 is 15.0 Å². The van der Waals surface area contributed by atoms with Crippen LogP contribution in [0.1, 0.15) is 54.4 Å². The van der Waals surface area contributed by atoms with Crippen molar-refractivity contribution in [2.45, 2.75) is 58.5 Å². The Balaban J connectivity index is 1.59. The summed E-state index contributed by atoms with van der Waals surface area (Å²) in [4.78, 5) is 42.0. The van der Waals surface area contributed by atoms with Gasteiger partial charge in [0.05, 0.1) is 28.9 Å². The van der Waals surface area contributed by atoms with Crippen LogP contribution in [0.2, 0.25) is 0 Å². The van der Waals surface area contributed by atoms with Gasteiger partial charge in [-0.25, -0.2) is 18.1 Å². The molecule has 5 rings (SSSR count). The number of carbonyl (C=O) groups is 2. The van der Waals surface area contributed by atoms with E-state index in [-0.39, 0.29) is 47.4 Å². The van der Waals surface area contributed by atoms with Gasteiger partial charge in [-0.2, -0.15) is 4.98 Å². The third kappa shape index (κ3) is 7.86. The van der Waals surface area contributed by atoms with Crippen LogP contribution < -0.4 is 14.8 Å². The number of aromatic nitrogens is 3. The molecule has 1 aliphatic rings. The third-order valence-corrected chi connectivity index (χ3v) is 8.86. The number of nitrogens with one attached hydrogen (secondary N) is 2. The van der Waals surface area contributed by atoms with E-state index in [0.717, 1.165) is 16.7 Å². The van der Waals surface area contributed by atoms with E-state index in [1.54, 1.807) is 24.4 Å². The quantitative estimate of drug-likeness (QED) is 0.302. The maximum absolute atomic E-state index is 14.2. The zero-order chi connectivity index (χ0) is 33.1. The molecule has 0 saturated carbocycles. The molecule has 0 radical (unpaired) electrons. The Labute approximate surface area is 269 Å². The first-order valence-corrected chi connectivity index (χ1v) is 16.5. The highest BCUT2D eigenvalue weighted by atomic mass is 32.2. The number of fused-ring (bicyclic) bond motifs is 4. The molecule has 2 aromatic heterocycles. The van der Waals surface area contributed by atoms with Gasteiger partial charge in [-0.1, -0.05) is 51.1 Å². The molecule has 1 aliphatic heterocycles. The molecule has 0 unspecified atom stereocenters. The molecule has 2 N–H and O–H groups in total. The van der Waals surface area contributed by atoms with E-state index in [0.29, 0.717) is 17.8 Å². The first-order chi connectivity index (χ1) is 21.8. The average Bonchev–Trinajstić information content (AvgIpc) is 3.00. The van der Waals surface area contributed by atoms with Gasteiger partial charge in [0.1, 0.15) is 13.2 Å². The summed E-state index contributed by atoms with van der Waals surface area (Å²) in [7, 11) is -4.21. The van der Waals surface area contributed by atoms with Gasteiger partial charge in [0.2, 0.25) is 17.7 Å². The zero-order valence-electron chi connectivity index (χ0n) is 26.6. The maximum Gasteiger partial charge on any atom is 0.264 e. The number of rotatable bonds is 6. The Hall–Kier alpha value is -4.84. The molecule has 11 nitrogen and oxygen atoms in total. The van der Waals surface area contributed by atoms with Gasteiger partial charge in [-0.3, -0.25) is 14.6 Å². The lowest BCUT2D eigenvalue weighted by Crippen LogP contribution is -2.50. The maximum atomic E-state index is 14.2. The molecule has 0 spiro atoms. The van der Waals surface area contributed by atoms with Crippen molar-refractivity contribution in [2.24, 2.45) is 5.41 Å². The first-order valence-electron chi connectivity index (χ1n) is 15.0. The number of sulfonamides is 1. The Morgan fingerprint density at radius 2 is 1.76 bits per heavy atom. The van der Waals surface area contributed by atoms with E-state index in [1.165, 1.54) is 29.2 Å². The molecule has 1 atom stereocenters. The Kier molecular flexibility index (Phi) is 9.38. The molecule has 3 heterocycles. The van der Waals surface area contributed by atoms with Crippen molar-refractivity contribution in [1.29, 1.82) is 0 Å². The van der Waals surface area contributed by atoms with Crippen LogP contribution in [0.4, 0.5) is 5.95 Å². The van der Waals surface area contributed by atoms with Crippen molar-refractivity contribution in [3.8, 4) is 17.1 Å². The lowest BCUT2D eigenvalue weighted by molar-refractivity contribution is -0.122. The number of pyridine rings is 1. The highest BCUT2D eigenvalue weighted by molar-refractivity contribution is 7.92. The largest absolute Gasteiger partial charge is 0.475 e. The molecule has 0 saturated heterocycles. The molecular weight excluding hydrogens is 604 g/mol. The van der Waals surface area contributed by atoms with E-state index in [2.05, 4.69) is 25.0 Å². The fraction of sp³-hybridized carbons (Fsp3) is 0.324. The zero-order valence-corrected chi connectivity index (χ0v) is 27.4. The van der Waals surface area contributed by atoms with Gasteiger partial charge in [0.15, 0.2) is 0 Å². The molecule has 0 fully saturated rings. The molecule has 2 amide bonds. The summed E-state index contributed by atoms with van der Waals surface area (Å²) in [6.45, 7) is 9.91. The molecular formula is C34H38N6O5S. The summed E-state index contributed by atoms with van der Waals surface area (Å²) in [5, 5.41) is 2.84. The molecule has 4 aromatic rings. The van der Waals surface area contributed by atoms with Crippen LogP contribution in [0.5, 0.6) is 5.88 Å². The fourth-order valence-electron chi connectivity index (χ4n) is 5.45. The van der Waals surface area contributed by atoms with Crippen LogP contribution in [-0.4, -0.2) is 59.3 Å². The smallest absolute Gasteiger partial charge is 0.264 e. The summed E-state index contributed by atoms with van der Waals surface area (Å²) >= 11 is 0. The molecule has 240 valence electrons. The number of amides is 2. The molecule has 4 bridgehead atoms. The Bertz CT molecular complexity index is 1840. The number of hydrogen-bond donors (Lipinski definition) is 2. The number of ether oxygens (including phenoxy) is 1. The number of benzene rings is 2. The topological polar surface area (TPSA) is 143 Å². The number of nitrogens with zero attached hydrogens (tertiary/aromatic N) is 4. The lowest BCUT2D eigenvalue weighted by Gasteiger charge is -2.35. The minimum Gasteiger partial charge on any atom is -0.475 e. The predicted octanol–water partition coefficient (Wildman–Crippen LogP) is 4.91. The monoisotopic (exact) mass is 642 g/mol. The number of hydrogen-bond acceptors (Lipinski definition) is 8. The van der Waals surface area contributed by atoms with Gasteiger partial charge in [0, 0.05) is 23.4 Å². The van der Waals surface area contributed by atoms with Crippen molar-refractivity contribution >= 4 is 27.8 Å². The van der Waals surface area contributed by atoms with E-state index >= 15 is 0 Å². The molecule has 0 aliphatic carbocycles. The van der Waals surface area contributed by atoms with Crippen LogP contribution in [0, 0.1) is 19.3 Å². The fourth-order valence-corrected chi connectivity index (χ4v) is 6.44. The van der Waals surface area contributed by atoms with Crippen molar-refractivity contribution in [2.75, 3.05) is 17.9 Å². The summed E-state index contributed by atoms with van der Waals surface area (Å²) in [5.41, 5.74) is 3.73. The van der Waals surface area contributed by atoms with E-state index in [1.807, 2.05) is 58.9 Å². The summed E-state index contributed by atoms with van der Waals surface area (Å²) < 4.78 is 35.9. The molecule has 12 heteroatoms. The minimum absolute atomic E-state index is 0.00831. The average molecular weight is 643 g/mol. The van der Waals surface area contributed by atoms with Crippen molar-refractivity contribution in [3.63, 3.8) is 0 Å². The van der Waals surface area contributed by atoms with E-state index in [9.17, 15) is 18.0 Å². The summed E-state index contributed by atoms with van der Waals surface area (Å²) in [6.07, 6.45) is 2.12. The normalized spacial score (nSPS) is 16.2. The van der Waals surface area contributed by atoms with Crippen LogP contribution in [-0.2, 0) is 21.4 Å². The van der Waals surface area contributed by atoms with Crippen LogP contribution in [0.15, 0.2) is 77.8 Å². The van der Waals surface area contributed by atoms with Crippen LogP contribution in [0.25, 0.3) is 11.3 Å². The second-order valence-corrected chi connectivity index (χ2v) is 14.3. The highest BCUT2D eigenvalue weighted by Crippen LogP contribution is 2.31. The second-order valence-electron chi connectivity index (χ2n) is 12.6. The Morgan fingerprint density at radius 3 is 2.46 bits per heavy atom. The van der Waals surface area contributed by atoms with Gasteiger partial charge in [-0.05, 0) is 67.1 Å². The summed E-state index contributed by atoms with van der Waals surface area (Å²) in [5.74, 6) is -0.933. The van der Waals surface area contributed by atoms with E-state index < -0.39 is 27.9 Å².